The van der Waals surface area contributed by atoms with E-state index in [1.165, 1.54) is 16.9 Å². The summed E-state index contributed by atoms with van der Waals surface area (Å²) in [6.07, 6.45) is 3.59. The van der Waals surface area contributed by atoms with E-state index < -0.39 is 35.2 Å². The van der Waals surface area contributed by atoms with E-state index in [4.69, 9.17) is 0 Å². The molecule has 1 aliphatic heterocycles. The lowest BCUT2D eigenvalue weighted by molar-refractivity contribution is -0.131. The van der Waals surface area contributed by atoms with E-state index in [0.29, 0.717) is 25.2 Å². The molecule has 43 heavy (non-hydrogen) atoms. The molecule has 1 unspecified atom stereocenters. The number of halogens is 2. The van der Waals surface area contributed by atoms with E-state index in [0.717, 1.165) is 24.0 Å². The topological polar surface area (TPSA) is 137 Å². The van der Waals surface area contributed by atoms with Crippen molar-refractivity contribution in [1.82, 2.24) is 30.6 Å². The summed E-state index contributed by atoms with van der Waals surface area (Å²) < 4.78 is 29.3. The molecular formula is C30H37F2N7O4. The SMILES string of the molecule is CNC(=O)C1(N2CC3(CC3)CNC2=O)Cc2ccc(NC(=O)[C@@H](NC(=O)c3ccnn3C)C3CCC(F)(F)CC3)cc2C1. The second-order valence-electron chi connectivity index (χ2n) is 12.7. The average Bonchev–Trinajstić information content (AvgIpc) is 3.39. The van der Waals surface area contributed by atoms with Gasteiger partial charge in [-0.25, -0.2) is 13.6 Å². The van der Waals surface area contributed by atoms with Crippen LogP contribution in [0.15, 0.2) is 30.5 Å². The molecule has 2 heterocycles. The average molecular weight is 598 g/mol. The highest BCUT2D eigenvalue weighted by Crippen LogP contribution is 2.49. The van der Waals surface area contributed by atoms with Gasteiger partial charge in [0.2, 0.25) is 17.7 Å². The predicted molar refractivity (Wildman–Crippen MR) is 152 cm³/mol. The van der Waals surface area contributed by atoms with Crippen LogP contribution in [0.5, 0.6) is 0 Å². The van der Waals surface area contributed by atoms with E-state index in [2.05, 4.69) is 26.4 Å². The Balaban J connectivity index is 1.22. The van der Waals surface area contributed by atoms with E-state index >= 15 is 0 Å². The molecule has 0 radical (unpaired) electrons. The molecule has 4 aliphatic rings. The molecule has 3 aliphatic carbocycles. The van der Waals surface area contributed by atoms with Gasteiger partial charge in [0.1, 0.15) is 17.3 Å². The van der Waals surface area contributed by atoms with Crippen molar-refractivity contribution < 1.29 is 28.0 Å². The van der Waals surface area contributed by atoms with Gasteiger partial charge in [-0.05, 0) is 60.9 Å². The summed E-state index contributed by atoms with van der Waals surface area (Å²) >= 11 is 0. The van der Waals surface area contributed by atoms with Crippen LogP contribution in [0.4, 0.5) is 19.3 Å². The number of rotatable bonds is 7. The lowest BCUT2D eigenvalue weighted by Gasteiger charge is -2.44. The molecule has 11 nitrogen and oxygen atoms in total. The monoisotopic (exact) mass is 597 g/mol. The number of urea groups is 1. The van der Waals surface area contributed by atoms with Crippen molar-refractivity contribution in [2.45, 2.75) is 68.9 Å². The van der Waals surface area contributed by atoms with Crippen LogP contribution in [-0.4, -0.2) is 76.1 Å². The number of carbonyl (C=O) groups excluding carboxylic acids is 4. The van der Waals surface area contributed by atoms with Gasteiger partial charge in [-0.1, -0.05) is 6.07 Å². The van der Waals surface area contributed by atoms with Crippen LogP contribution in [0.25, 0.3) is 0 Å². The quantitative estimate of drug-likeness (QED) is 0.389. The Morgan fingerprint density at radius 1 is 1.07 bits per heavy atom. The van der Waals surface area contributed by atoms with Gasteiger partial charge in [-0.15, -0.1) is 0 Å². The Morgan fingerprint density at radius 2 is 1.79 bits per heavy atom. The summed E-state index contributed by atoms with van der Waals surface area (Å²) in [6, 6.07) is 5.59. The van der Waals surface area contributed by atoms with E-state index in [-0.39, 0.29) is 55.2 Å². The van der Waals surface area contributed by atoms with E-state index in [9.17, 15) is 28.0 Å². The minimum atomic E-state index is -2.79. The first-order valence-corrected chi connectivity index (χ1v) is 14.8. The minimum Gasteiger partial charge on any atom is -0.357 e. The van der Waals surface area contributed by atoms with Crippen LogP contribution in [-0.2, 0) is 29.5 Å². The first kappa shape index (κ1) is 29.1. The largest absolute Gasteiger partial charge is 0.357 e. The number of likely N-dealkylation sites (N-methyl/N-ethyl adjacent to an activating group) is 1. The van der Waals surface area contributed by atoms with Gasteiger partial charge in [0.15, 0.2) is 0 Å². The fourth-order valence-electron chi connectivity index (χ4n) is 6.94. The summed E-state index contributed by atoms with van der Waals surface area (Å²) in [7, 11) is 3.17. The molecule has 2 aromatic rings. The Kier molecular flexibility index (Phi) is 7.16. The minimum absolute atomic E-state index is 0.0147. The number of nitrogens with one attached hydrogen (secondary N) is 4. The standard InChI is InChI=1S/C30H37F2N7O4/c1-33-26(42)29(39-17-28(10-11-28)16-34-27(39)43)14-19-3-4-21(13-20(19)15-29)36-25(41)23(18-5-8-30(31,32)9-6-18)37-24(40)22-7-12-35-38(22)2/h3-4,7,12-13,18,23H,5-6,8-11,14-17H2,1-2H3,(H,33,42)(H,34,43)(H,36,41)(H,37,40)/t23-,29?/m0/s1. The second-order valence-corrected chi connectivity index (χ2v) is 12.7. The number of alkyl halides is 2. The van der Waals surface area contributed by atoms with Gasteiger partial charge in [0.25, 0.3) is 5.91 Å². The molecule has 1 aromatic heterocycles. The van der Waals surface area contributed by atoms with Crippen LogP contribution in [0.1, 0.15) is 60.1 Å². The summed E-state index contributed by atoms with van der Waals surface area (Å²) in [5.74, 6) is -4.53. The molecule has 1 aromatic carbocycles. The van der Waals surface area contributed by atoms with Crippen molar-refractivity contribution in [3.63, 3.8) is 0 Å². The molecule has 0 bridgehead atoms. The van der Waals surface area contributed by atoms with Crippen molar-refractivity contribution in [3.8, 4) is 0 Å². The molecule has 2 atom stereocenters. The lowest BCUT2D eigenvalue weighted by atomic mass is 9.81. The van der Waals surface area contributed by atoms with Gasteiger partial charge in [-0.2, -0.15) is 5.10 Å². The van der Waals surface area contributed by atoms with E-state index in [1.54, 1.807) is 31.1 Å². The highest BCUT2D eigenvalue weighted by Gasteiger charge is 2.57. The summed E-state index contributed by atoms with van der Waals surface area (Å²) in [5.41, 5.74) is 1.36. The number of hydrogen-bond acceptors (Lipinski definition) is 5. The highest BCUT2D eigenvalue weighted by atomic mass is 19.3. The van der Waals surface area contributed by atoms with Crippen LogP contribution >= 0.6 is 0 Å². The highest BCUT2D eigenvalue weighted by molar-refractivity contribution is 6.01. The predicted octanol–water partition coefficient (Wildman–Crippen LogP) is 2.37. The van der Waals surface area contributed by atoms with Crippen molar-refractivity contribution >= 4 is 29.4 Å². The normalized spacial score (nSPS) is 24.6. The zero-order valence-electron chi connectivity index (χ0n) is 24.3. The van der Waals surface area contributed by atoms with Crippen molar-refractivity contribution in [3.05, 3.63) is 47.3 Å². The fourth-order valence-corrected chi connectivity index (χ4v) is 6.94. The van der Waals surface area contributed by atoms with Crippen LogP contribution in [0.2, 0.25) is 0 Å². The smallest absolute Gasteiger partial charge is 0.318 e. The maximum absolute atomic E-state index is 13.9. The van der Waals surface area contributed by atoms with Gasteiger partial charge >= 0.3 is 6.03 Å². The number of anilines is 1. The number of aromatic nitrogens is 2. The molecule has 5 amide bonds. The molecule has 6 rings (SSSR count). The maximum Gasteiger partial charge on any atom is 0.318 e. The maximum atomic E-state index is 13.9. The third kappa shape index (κ3) is 5.45. The molecule has 2 saturated carbocycles. The Bertz CT molecular complexity index is 1460. The molecular weight excluding hydrogens is 560 g/mol. The van der Waals surface area contributed by atoms with Gasteiger partial charge in [0.05, 0.1) is 0 Å². The van der Waals surface area contributed by atoms with Crippen molar-refractivity contribution in [2.24, 2.45) is 18.4 Å². The second kappa shape index (κ2) is 10.6. The van der Waals surface area contributed by atoms with Crippen LogP contribution < -0.4 is 21.3 Å². The van der Waals surface area contributed by atoms with Crippen LogP contribution in [0, 0.1) is 11.3 Å². The first-order valence-electron chi connectivity index (χ1n) is 14.8. The zero-order valence-corrected chi connectivity index (χ0v) is 24.3. The molecule has 3 fully saturated rings. The van der Waals surface area contributed by atoms with Crippen LogP contribution in [0.3, 0.4) is 0 Å². The number of benzene rings is 1. The number of hydrogen-bond donors (Lipinski definition) is 4. The lowest BCUT2D eigenvalue weighted by Crippen LogP contribution is -2.67. The third-order valence-corrected chi connectivity index (χ3v) is 9.77. The summed E-state index contributed by atoms with van der Waals surface area (Å²) in [5, 5.41) is 15.4. The summed E-state index contributed by atoms with van der Waals surface area (Å²) in [4.78, 5) is 54.8. The number of fused-ring (bicyclic) bond motifs is 1. The number of amides is 5. The van der Waals surface area contributed by atoms with Gasteiger partial charge < -0.3 is 26.2 Å². The number of carbonyl (C=O) groups is 4. The number of aryl methyl sites for hydroxylation is 1. The van der Waals surface area contributed by atoms with Crippen molar-refractivity contribution in [2.75, 3.05) is 25.5 Å². The van der Waals surface area contributed by atoms with Gasteiger partial charge in [0, 0.05) is 70.2 Å². The van der Waals surface area contributed by atoms with Crippen molar-refractivity contribution in [1.29, 1.82) is 0 Å². The molecule has 13 heteroatoms. The fraction of sp³-hybridized carbons (Fsp3) is 0.567. The Morgan fingerprint density at radius 3 is 2.44 bits per heavy atom. The third-order valence-electron chi connectivity index (χ3n) is 9.77. The number of nitrogens with zero attached hydrogens (tertiary/aromatic N) is 3. The molecule has 1 saturated heterocycles. The van der Waals surface area contributed by atoms with Gasteiger partial charge in [-0.3, -0.25) is 19.1 Å². The molecule has 230 valence electrons. The Labute approximate surface area is 248 Å². The zero-order chi connectivity index (χ0) is 30.6. The molecule has 4 N–H and O–H groups in total. The van der Waals surface area contributed by atoms with E-state index in [1.807, 2.05) is 6.07 Å². The first-order chi connectivity index (χ1) is 20.4. The Hall–Kier alpha value is -4.03. The summed E-state index contributed by atoms with van der Waals surface area (Å²) in [6.45, 7) is 1.13. The molecule has 1 spiro atoms.